The molecule has 0 aromatic carbocycles. The highest BCUT2D eigenvalue weighted by molar-refractivity contribution is 5.69. The van der Waals surface area contributed by atoms with Crippen LogP contribution in [-0.2, 0) is 47.6 Å². The topological polar surface area (TPSA) is 124 Å². The first kappa shape index (κ1) is 20.8. The number of hydrogen-bond acceptors (Lipinski definition) is 10. The van der Waals surface area contributed by atoms with Crippen molar-refractivity contribution in [2.45, 2.75) is 58.4 Å². The molecule has 1 saturated heterocycles. The van der Waals surface area contributed by atoms with Gasteiger partial charge in [0, 0.05) is 34.8 Å². The Kier molecular flexibility index (Phi) is 7.78. The molecule has 1 rings (SSSR count). The number of methoxy groups -OCH3 is 1. The predicted molar refractivity (Wildman–Crippen MR) is 79.0 cm³/mol. The number of rotatable bonds is 6. The molecule has 1 heterocycles. The van der Waals surface area contributed by atoms with Gasteiger partial charge in [0.25, 0.3) is 0 Å². The molecule has 1 aliphatic heterocycles. The van der Waals surface area contributed by atoms with Crippen molar-refractivity contribution in [2.75, 3.05) is 13.7 Å². The molecule has 0 spiro atoms. The smallest absolute Gasteiger partial charge is 0.305 e. The van der Waals surface area contributed by atoms with Crippen LogP contribution in [0.15, 0.2) is 0 Å². The van der Waals surface area contributed by atoms with Crippen molar-refractivity contribution in [2.24, 2.45) is 0 Å². The summed E-state index contributed by atoms with van der Waals surface area (Å²) in [6, 6.07) is 0. The van der Waals surface area contributed by atoms with Crippen LogP contribution in [0.5, 0.6) is 0 Å². The maximum atomic E-state index is 11.5. The summed E-state index contributed by atoms with van der Waals surface area (Å²) in [6.45, 7) is 4.50. The predicted octanol–water partition coefficient (Wildman–Crippen LogP) is -0.284. The van der Waals surface area contributed by atoms with E-state index in [9.17, 15) is 19.2 Å². The van der Waals surface area contributed by atoms with Crippen molar-refractivity contribution in [3.05, 3.63) is 0 Å². The number of ether oxygens (including phenoxy) is 6. The highest BCUT2D eigenvalue weighted by atomic mass is 16.7. The lowest BCUT2D eigenvalue weighted by atomic mass is 9.98. The second-order valence-corrected chi connectivity index (χ2v) is 5.33. The van der Waals surface area contributed by atoms with Crippen LogP contribution in [0.1, 0.15) is 27.7 Å². The number of hydrogen-bond donors (Lipinski definition) is 0. The summed E-state index contributed by atoms with van der Waals surface area (Å²) in [5.74, 6) is -2.81. The first-order chi connectivity index (χ1) is 11.6. The Hall–Kier alpha value is -2.20. The SMILES string of the molecule is COC[C@H]1O[C@H](OC(C)=O)[C@H](OC(C)=O)[C@@H](OC(C)=O)[C@@H]1OC(C)=O. The van der Waals surface area contributed by atoms with Crippen molar-refractivity contribution in [3.63, 3.8) is 0 Å². The molecular formula is C15H22O10. The second kappa shape index (κ2) is 9.33. The van der Waals surface area contributed by atoms with Crippen LogP contribution in [-0.4, -0.2) is 68.3 Å². The summed E-state index contributed by atoms with van der Waals surface area (Å²) in [5, 5.41) is 0. The van der Waals surface area contributed by atoms with Crippen LogP contribution >= 0.6 is 0 Å². The van der Waals surface area contributed by atoms with Crippen LogP contribution in [0.25, 0.3) is 0 Å². The van der Waals surface area contributed by atoms with Gasteiger partial charge in [0.05, 0.1) is 6.61 Å². The molecule has 0 N–H and O–H groups in total. The van der Waals surface area contributed by atoms with Gasteiger partial charge < -0.3 is 28.4 Å². The number of carbonyl (C=O) groups is 4. The lowest BCUT2D eigenvalue weighted by molar-refractivity contribution is -0.300. The third-order valence-electron chi connectivity index (χ3n) is 3.11. The molecular weight excluding hydrogens is 340 g/mol. The lowest BCUT2D eigenvalue weighted by Crippen LogP contribution is -2.63. The van der Waals surface area contributed by atoms with E-state index in [1.54, 1.807) is 0 Å². The molecule has 0 aromatic rings. The van der Waals surface area contributed by atoms with Crippen molar-refractivity contribution in [1.82, 2.24) is 0 Å². The van der Waals surface area contributed by atoms with Crippen molar-refractivity contribution < 1.29 is 47.6 Å². The van der Waals surface area contributed by atoms with Gasteiger partial charge in [0.15, 0.2) is 12.2 Å². The molecule has 10 nitrogen and oxygen atoms in total. The van der Waals surface area contributed by atoms with E-state index in [0.29, 0.717) is 0 Å². The summed E-state index contributed by atoms with van der Waals surface area (Å²) < 4.78 is 31.1. The van der Waals surface area contributed by atoms with Gasteiger partial charge in [-0.1, -0.05) is 0 Å². The minimum absolute atomic E-state index is 0.0553. The first-order valence-corrected chi connectivity index (χ1v) is 7.49. The van der Waals surface area contributed by atoms with E-state index >= 15 is 0 Å². The molecule has 10 heteroatoms. The van der Waals surface area contributed by atoms with Crippen LogP contribution in [0.2, 0.25) is 0 Å². The number of esters is 4. The van der Waals surface area contributed by atoms with Crippen LogP contribution in [0.3, 0.4) is 0 Å². The summed E-state index contributed by atoms with van der Waals surface area (Å²) in [4.78, 5) is 45.7. The zero-order valence-electron chi connectivity index (χ0n) is 14.7. The Labute approximate surface area is 144 Å². The Morgan fingerprint density at radius 2 is 1.16 bits per heavy atom. The van der Waals surface area contributed by atoms with Gasteiger partial charge in [0.2, 0.25) is 12.4 Å². The molecule has 5 atom stereocenters. The Morgan fingerprint density at radius 3 is 1.60 bits per heavy atom. The van der Waals surface area contributed by atoms with E-state index in [1.807, 2.05) is 0 Å². The maximum Gasteiger partial charge on any atom is 0.305 e. The average molecular weight is 362 g/mol. The summed E-state index contributed by atoms with van der Waals surface area (Å²) >= 11 is 0. The third-order valence-corrected chi connectivity index (χ3v) is 3.11. The fourth-order valence-electron chi connectivity index (χ4n) is 2.41. The van der Waals surface area contributed by atoms with Gasteiger partial charge in [-0.15, -0.1) is 0 Å². The highest BCUT2D eigenvalue weighted by Gasteiger charge is 2.53. The zero-order chi connectivity index (χ0) is 19.1. The van der Waals surface area contributed by atoms with Crippen molar-refractivity contribution in [1.29, 1.82) is 0 Å². The summed E-state index contributed by atoms with van der Waals surface area (Å²) in [5.41, 5.74) is 0. The minimum Gasteiger partial charge on any atom is -0.456 e. The standard InChI is InChI=1S/C15H22O10/c1-7(16)21-12-11(6-20-5)25-15(24-10(4)19)14(23-9(3)18)13(12)22-8(2)17/h11-15H,6H2,1-5H3/t11-,12-,13+,14-,15+/m1/s1. The van der Waals surface area contributed by atoms with E-state index in [4.69, 9.17) is 28.4 Å². The van der Waals surface area contributed by atoms with Crippen LogP contribution in [0, 0.1) is 0 Å². The van der Waals surface area contributed by atoms with Gasteiger partial charge in [-0.05, 0) is 0 Å². The zero-order valence-corrected chi connectivity index (χ0v) is 14.7. The maximum absolute atomic E-state index is 11.5. The van der Waals surface area contributed by atoms with Crippen LogP contribution < -0.4 is 0 Å². The van der Waals surface area contributed by atoms with E-state index in [2.05, 4.69) is 0 Å². The van der Waals surface area contributed by atoms with Gasteiger partial charge in [0.1, 0.15) is 6.10 Å². The van der Waals surface area contributed by atoms with E-state index in [1.165, 1.54) is 7.11 Å². The Bertz CT molecular complexity index is 516. The van der Waals surface area contributed by atoms with Gasteiger partial charge in [-0.2, -0.15) is 0 Å². The Morgan fingerprint density at radius 1 is 0.720 bits per heavy atom. The molecule has 1 fully saturated rings. The molecule has 0 amide bonds. The van der Waals surface area contributed by atoms with Gasteiger partial charge >= 0.3 is 23.9 Å². The van der Waals surface area contributed by atoms with Gasteiger partial charge in [-0.3, -0.25) is 19.2 Å². The molecule has 25 heavy (non-hydrogen) atoms. The van der Waals surface area contributed by atoms with E-state index in [-0.39, 0.29) is 6.61 Å². The largest absolute Gasteiger partial charge is 0.456 e. The molecule has 0 aromatic heterocycles. The molecule has 0 unspecified atom stereocenters. The molecule has 0 radical (unpaired) electrons. The van der Waals surface area contributed by atoms with Crippen LogP contribution in [0.4, 0.5) is 0 Å². The molecule has 0 bridgehead atoms. The van der Waals surface area contributed by atoms with E-state index < -0.39 is 54.6 Å². The lowest BCUT2D eigenvalue weighted by Gasteiger charge is -2.43. The minimum atomic E-state index is -1.36. The molecule has 142 valence electrons. The third kappa shape index (κ3) is 6.31. The molecule has 1 aliphatic rings. The summed E-state index contributed by atoms with van der Waals surface area (Å²) in [7, 11) is 1.38. The van der Waals surface area contributed by atoms with E-state index in [0.717, 1.165) is 27.7 Å². The quantitative estimate of drug-likeness (QED) is 0.460. The fourth-order valence-corrected chi connectivity index (χ4v) is 2.41. The number of carbonyl (C=O) groups excluding carboxylic acids is 4. The normalized spacial score (nSPS) is 28.6. The molecule has 0 saturated carbocycles. The fraction of sp³-hybridized carbons (Fsp3) is 0.733. The highest BCUT2D eigenvalue weighted by Crippen LogP contribution is 2.29. The van der Waals surface area contributed by atoms with Gasteiger partial charge in [-0.25, -0.2) is 0 Å². The first-order valence-electron chi connectivity index (χ1n) is 7.49. The molecule has 0 aliphatic carbocycles. The van der Waals surface area contributed by atoms with Crippen molar-refractivity contribution >= 4 is 23.9 Å². The second-order valence-electron chi connectivity index (χ2n) is 5.33. The average Bonchev–Trinajstić information content (AvgIpc) is 2.45. The Balaban J connectivity index is 3.25. The van der Waals surface area contributed by atoms with Crippen molar-refractivity contribution in [3.8, 4) is 0 Å². The summed E-state index contributed by atoms with van der Waals surface area (Å²) in [6.07, 6.45) is -5.98. The monoisotopic (exact) mass is 362 g/mol.